The number of hydrogen-bond acceptors (Lipinski definition) is 5. The van der Waals surface area contributed by atoms with Crippen LogP contribution in [0.25, 0.3) is 0 Å². The molecule has 5 nitrogen and oxygen atoms in total. The fraction of sp³-hybridized carbons (Fsp3) is 0.929. The van der Waals surface area contributed by atoms with Gasteiger partial charge in [-0.1, -0.05) is 19.8 Å². The summed E-state index contributed by atoms with van der Waals surface area (Å²) in [6, 6.07) is -0.504. The summed E-state index contributed by atoms with van der Waals surface area (Å²) >= 11 is 0. The van der Waals surface area contributed by atoms with Crippen molar-refractivity contribution in [3.05, 3.63) is 0 Å². The Morgan fingerprint density at radius 1 is 1.15 bits per heavy atom. The van der Waals surface area contributed by atoms with Gasteiger partial charge in [0.15, 0.2) is 0 Å². The van der Waals surface area contributed by atoms with Gasteiger partial charge in [-0.25, -0.2) is 0 Å². The number of rotatable bonds is 10. The summed E-state index contributed by atoms with van der Waals surface area (Å²) in [6.07, 6.45) is 1.90. The molecule has 0 amide bonds. The minimum Gasteiger partial charge on any atom is -0.326 e. The van der Waals surface area contributed by atoms with Gasteiger partial charge in [0.05, 0.1) is 12.2 Å². The van der Waals surface area contributed by atoms with E-state index in [1.807, 2.05) is 6.92 Å². The molecule has 6 heteroatoms. The molecule has 0 saturated carbocycles. The van der Waals surface area contributed by atoms with Gasteiger partial charge in [0.1, 0.15) is 11.4 Å². The Morgan fingerprint density at radius 3 is 1.90 bits per heavy atom. The highest BCUT2D eigenvalue weighted by Crippen LogP contribution is 2.56. The summed E-state index contributed by atoms with van der Waals surface area (Å²) in [7, 11) is -3.57. The van der Waals surface area contributed by atoms with Crippen molar-refractivity contribution in [2.75, 3.05) is 0 Å². The first-order valence-corrected chi connectivity index (χ1v) is 8.97. The Bertz CT molecular complexity index is 330. The SMILES string of the molecule is CCCCC(N)C(C(C)=O)P(=O)(OC(C)C)OC(C)C. The molecule has 0 rings (SSSR count). The molecule has 2 atom stereocenters. The van der Waals surface area contributed by atoms with Crippen LogP contribution in [0.5, 0.6) is 0 Å². The third kappa shape index (κ3) is 6.49. The first-order valence-electron chi connectivity index (χ1n) is 7.36. The van der Waals surface area contributed by atoms with Crippen LogP contribution in [0.15, 0.2) is 0 Å². The van der Waals surface area contributed by atoms with Crippen LogP contribution in [-0.2, 0) is 18.4 Å². The smallest absolute Gasteiger partial charge is 0.326 e. The molecule has 0 aromatic rings. The zero-order valence-corrected chi connectivity index (χ0v) is 14.5. The second-order valence-electron chi connectivity index (χ2n) is 5.71. The zero-order valence-electron chi connectivity index (χ0n) is 13.6. The van der Waals surface area contributed by atoms with Crippen LogP contribution >= 0.6 is 7.60 Å². The number of carbonyl (C=O) groups is 1. The topological polar surface area (TPSA) is 78.6 Å². The van der Waals surface area contributed by atoms with E-state index in [0.717, 1.165) is 12.8 Å². The van der Waals surface area contributed by atoms with Gasteiger partial charge in [-0.15, -0.1) is 0 Å². The van der Waals surface area contributed by atoms with Crippen LogP contribution in [-0.4, -0.2) is 29.7 Å². The average Bonchev–Trinajstić information content (AvgIpc) is 2.22. The number of carbonyl (C=O) groups excluding carboxylic acids is 1. The Labute approximate surface area is 123 Å². The summed E-state index contributed by atoms with van der Waals surface area (Å²) in [4.78, 5) is 11.9. The van der Waals surface area contributed by atoms with Gasteiger partial charge in [0, 0.05) is 6.04 Å². The van der Waals surface area contributed by atoms with Gasteiger partial charge in [-0.05, 0) is 41.0 Å². The van der Waals surface area contributed by atoms with Crippen LogP contribution in [0.3, 0.4) is 0 Å². The molecule has 0 aliphatic carbocycles. The lowest BCUT2D eigenvalue weighted by atomic mass is 10.1. The summed E-state index contributed by atoms with van der Waals surface area (Å²) in [5.74, 6) is -0.238. The monoisotopic (exact) mass is 307 g/mol. The van der Waals surface area contributed by atoms with Crippen molar-refractivity contribution < 1.29 is 18.4 Å². The van der Waals surface area contributed by atoms with E-state index in [2.05, 4.69) is 0 Å². The van der Waals surface area contributed by atoms with Gasteiger partial charge in [0.25, 0.3) is 0 Å². The predicted molar refractivity (Wildman–Crippen MR) is 82.0 cm³/mol. The molecule has 2 N–H and O–H groups in total. The van der Waals surface area contributed by atoms with Crippen molar-refractivity contribution in [2.45, 2.75) is 84.7 Å². The lowest BCUT2D eigenvalue weighted by molar-refractivity contribution is -0.117. The normalized spacial score (nSPS) is 15.7. The van der Waals surface area contributed by atoms with E-state index >= 15 is 0 Å². The van der Waals surface area contributed by atoms with E-state index in [-0.39, 0.29) is 18.0 Å². The lowest BCUT2D eigenvalue weighted by Crippen LogP contribution is -2.41. The fourth-order valence-corrected chi connectivity index (χ4v) is 4.65. The summed E-state index contributed by atoms with van der Waals surface area (Å²) in [6.45, 7) is 10.5. The molecule has 120 valence electrons. The average molecular weight is 307 g/mol. The number of ketones is 1. The van der Waals surface area contributed by atoms with E-state index in [1.165, 1.54) is 6.92 Å². The largest absolute Gasteiger partial charge is 0.343 e. The molecular weight excluding hydrogens is 277 g/mol. The van der Waals surface area contributed by atoms with E-state index in [1.54, 1.807) is 27.7 Å². The highest BCUT2D eigenvalue weighted by atomic mass is 31.2. The molecule has 0 aliphatic rings. The molecule has 20 heavy (non-hydrogen) atoms. The Balaban J connectivity index is 5.31. The van der Waals surface area contributed by atoms with Crippen LogP contribution in [0.1, 0.15) is 60.8 Å². The summed E-state index contributed by atoms with van der Waals surface area (Å²) in [5, 5.41) is 0. The predicted octanol–water partition coefficient (Wildman–Crippen LogP) is 3.50. The molecule has 0 bridgehead atoms. The minimum absolute atomic E-state index is 0.238. The third-order valence-electron chi connectivity index (χ3n) is 2.77. The van der Waals surface area contributed by atoms with E-state index in [0.29, 0.717) is 6.42 Å². The molecule has 0 saturated heterocycles. The molecule has 0 spiro atoms. The number of nitrogens with two attached hydrogens (primary N) is 1. The van der Waals surface area contributed by atoms with Crippen LogP contribution in [0.4, 0.5) is 0 Å². The quantitative estimate of drug-likeness (QED) is 0.625. The highest BCUT2D eigenvalue weighted by molar-refractivity contribution is 7.55. The summed E-state index contributed by atoms with van der Waals surface area (Å²) in [5.41, 5.74) is 5.20. The first kappa shape index (κ1) is 19.8. The second-order valence-corrected chi connectivity index (χ2v) is 7.77. The zero-order chi connectivity index (χ0) is 15.9. The van der Waals surface area contributed by atoms with Crippen LogP contribution in [0.2, 0.25) is 0 Å². The third-order valence-corrected chi connectivity index (χ3v) is 5.63. The van der Waals surface area contributed by atoms with Gasteiger partial charge in [-0.2, -0.15) is 0 Å². The van der Waals surface area contributed by atoms with Crippen molar-refractivity contribution >= 4 is 13.4 Å². The maximum atomic E-state index is 13.0. The van der Waals surface area contributed by atoms with Crippen molar-refractivity contribution in [3.8, 4) is 0 Å². The van der Waals surface area contributed by atoms with Crippen LogP contribution in [0, 0.1) is 0 Å². The van der Waals surface area contributed by atoms with Crippen molar-refractivity contribution in [1.29, 1.82) is 0 Å². The Kier molecular flexibility index (Phi) is 8.83. The van der Waals surface area contributed by atoms with Gasteiger partial charge < -0.3 is 14.8 Å². The molecule has 0 radical (unpaired) electrons. The number of Topliss-reactive ketones (excluding diaryl/α,β-unsaturated/α-hetero) is 1. The van der Waals surface area contributed by atoms with Crippen molar-refractivity contribution in [1.82, 2.24) is 0 Å². The molecule has 0 aliphatic heterocycles. The molecule has 0 aromatic heterocycles. The lowest BCUT2D eigenvalue weighted by Gasteiger charge is -2.31. The standard InChI is InChI=1S/C14H30NO4P/c1-7-8-9-13(15)14(12(6)16)20(17,18-10(2)3)19-11(4)5/h10-11,13-14H,7-9,15H2,1-6H3. The Hall–Kier alpha value is -0.220. The summed E-state index contributed by atoms with van der Waals surface area (Å²) < 4.78 is 24.0. The van der Waals surface area contributed by atoms with Crippen molar-refractivity contribution in [2.24, 2.45) is 5.73 Å². The molecule has 0 fully saturated rings. The molecule has 0 aromatic carbocycles. The second kappa shape index (κ2) is 8.93. The Morgan fingerprint density at radius 2 is 1.60 bits per heavy atom. The maximum Gasteiger partial charge on any atom is 0.343 e. The molecular formula is C14H30NO4P. The van der Waals surface area contributed by atoms with Gasteiger partial charge in [-0.3, -0.25) is 9.36 Å². The van der Waals surface area contributed by atoms with Gasteiger partial charge >= 0.3 is 7.60 Å². The van der Waals surface area contributed by atoms with E-state index in [4.69, 9.17) is 14.8 Å². The first-order chi connectivity index (χ1) is 9.14. The van der Waals surface area contributed by atoms with E-state index < -0.39 is 19.3 Å². The molecule has 2 unspecified atom stereocenters. The van der Waals surface area contributed by atoms with Crippen molar-refractivity contribution in [3.63, 3.8) is 0 Å². The fourth-order valence-electron chi connectivity index (χ4n) is 2.10. The number of hydrogen-bond donors (Lipinski definition) is 1. The minimum atomic E-state index is -3.57. The number of unbranched alkanes of at least 4 members (excludes halogenated alkanes) is 1. The maximum absolute atomic E-state index is 13.0. The van der Waals surface area contributed by atoms with E-state index in [9.17, 15) is 9.36 Å². The molecule has 0 heterocycles. The highest BCUT2D eigenvalue weighted by Gasteiger charge is 2.44. The van der Waals surface area contributed by atoms with Crippen LogP contribution < -0.4 is 5.73 Å². The van der Waals surface area contributed by atoms with Gasteiger partial charge in [0.2, 0.25) is 0 Å².